The Kier molecular flexibility index (Phi) is 17.7. The Morgan fingerprint density at radius 3 is 1.92 bits per heavy atom. The van der Waals surface area contributed by atoms with Crippen LogP contribution in [0.5, 0.6) is 0 Å². The van der Waals surface area contributed by atoms with E-state index in [1.807, 2.05) is 6.07 Å². The highest BCUT2D eigenvalue weighted by molar-refractivity contribution is 5.85. The van der Waals surface area contributed by atoms with E-state index in [1.165, 1.54) is 12.3 Å². The van der Waals surface area contributed by atoms with Gasteiger partial charge in [-0.05, 0) is 69.4 Å². The average Bonchev–Trinajstić information content (AvgIpc) is 3.10. The fraction of sp³-hybridized carbons (Fsp3) is 0.500. The summed E-state index contributed by atoms with van der Waals surface area (Å²) in [5.74, 6) is -0.694. The Hall–Kier alpha value is -4.34. The number of β-amino-alcohol motifs (C(OH)–C–C–N with tert-alkyl or cyclic N) is 2. The molecule has 0 radical (unpaired) electrons. The van der Waals surface area contributed by atoms with E-state index in [-0.39, 0.29) is 49.6 Å². The van der Waals surface area contributed by atoms with E-state index in [9.17, 15) is 48.0 Å². The van der Waals surface area contributed by atoms with E-state index in [1.54, 1.807) is 23.2 Å². The maximum Gasteiger partial charge on any atom is 0.363 e. The number of hydrogen-bond donors (Lipinski definition) is 6. The minimum Gasteiger partial charge on any atom is -0.390 e. The van der Waals surface area contributed by atoms with Crippen LogP contribution in [-0.4, -0.2) is 110 Å². The molecule has 282 valence electrons. The van der Waals surface area contributed by atoms with Crippen LogP contribution in [-0.2, 0) is 0 Å². The summed E-state index contributed by atoms with van der Waals surface area (Å²) in [4.78, 5) is 31.7. The van der Waals surface area contributed by atoms with Crippen LogP contribution in [0.3, 0.4) is 0 Å². The van der Waals surface area contributed by atoms with Gasteiger partial charge in [-0.15, -0.1) is 12.4 Å². The summed E-state index contributed by atoms with van der Waals surface area (Å²) in [6, 6.07) is 8.34. The quantitative estimate of drug-likeness (QED) is 0.128. The van der Waals surface area contributed by atoms with Crippen LogP contribution in [0, 0.1) is 26.0 Å². The first-order chi connectivity index (χ1) is 23.7. The van der Waals surface area contributed by atoms with Gasteiger partial charge in [0.2, 0.25) is 0 Å². The molecule has 7 atom stereocenters. The molecule has 0 spiro atoms. The second-order valence-electron chi connectivity index (χ2n) is 11.4. The van der Waals surface area contributed by atoms with E-state index in [2.05, 4.69) is 25.6 Å². The molecule has 0 saturated carbocycles. The molecule has 3 aromatic heterocycles. The number of piperidine rings is 3. The Morgan fingerprint density at radius 2 is 1.45 bits per heavy atom. The van der Waals surface area contributed by atoms with Crippen LogP contribution in [0.4, 0.5) is 40.7 Å². The number of nitrogens with zero attached hydrogens (tertiary/aromatic N) is 6. The predicted octanol–water partition coefficient (Wildman–Crippen LogP) is 2.53. The first-order valence-corrected chi connectivity index (χ1v) is 15.5. The fourth-order valence-electron chi connectivity index (χ4n) is 4.84. The number of aromatic nitrogens is 3. The number of nitrogen functional groups attached to an aromatic ring is 1. The fourth-order valence-corrected chi connectivity index (χ4v) is 4.84. The topological polar surface area (TPSA) is 239 Å². The van der Waals surface area contributed by atoms with Gasteiger partial charge < -0.3 is 56.8 Å². The number of aliphatic hydroxyl groups is 3. The molecule has 0 amide bonds. The van der Waals surface area contributed by atoms with Crippen molar-refractivity contribution in [3.63, 3.8) is 0 Å². The van der Waals surface area contributed by atoms with Crippen molar-refractivity contribution in [1.82, 2.24) is 25.6 Å². The number of nitro groups is 2. The Balaban J connectivity index is 0.000000243. The van der Waals surface area contributed by atoms with Crippen LogP contribution in [0.15, 0.2) is 55.0 Å². The minimum absolute atomic E-state index is 0. The van der Waals surface area contributed by atoms with E-state index in [4.69, 9.17) is 10.8 Å². The van der Waals surface area contributed by atoms with Crippen LogP contribution in [0.1, 0.15) is 30.9 Å². The lowest BCUT2D eigenvalue weighted by molar-refractivity contribution is -0.389. The van der Waals surface area contributed by atoms with Gasteiger partial charge in [0, 0.05) is 50.6 Å². The van der Waals surface area contributed by atoms with E-state index >= 15 is 0 Å². The third-order valence-electron chi connectivity index (χ3n) is 7.72. The SMILES string of the molecule is Cl.Nc1ccc(C2C[C@@H](O)[C@H](F)CN2)cn1.O=[N+]([O-])c1ccc(F)cn1.O=[N+]([O-])c1ccc(N2CC[C@@H](F)[C@H](O)C2)cn1.O[C@@H]1CNCC[C@H]1F. The molecule has 0 aliphatic carbocycles. The Bertz CT molecular complexity index is 1480. The Labute approximate surface area is 295 Å². The predicted molar refractivity (Wildman–Crippen MR) is 180 cm³/mol. The van der Waals surface area contributed by atoms with Gasteiger partial charge in [0.15, 0.2) is 18.2 Å². The second-order valence-corrected chi connectivity index (χ2v) is 11.4. The smallest absolute Gasteiger partial charge is 0.363 e. The van der Waals surface area contributed by atoms with Gasteiger partial charge in [-0.3, -0.25) is 0 Å². The molecule has 3 fully saturated rings. The highest BCUT2D eigenvalue weighted by atomic mass is 35.5. The standard InChI is InChI=1S/C10H12FN3O3.C10H14FN3O.C5H3FN2O2.C5H10FNO.ClH/c11-8-3-4-13(6-9(8)15)7-1-2-10(12-5-7)14(16)17;11-7-5-13-8(3-9(7)15)6-1-2-10(12)14-4-6;6-4-1-2-5(7-3-4)8(9)10;6-4-1-2-7-3-5(4)8;/h1-2,5,8-9,15H,3-4,6H2;1-2,4,7-9,13,15H,3,5H2,(H2,12,14);1-3H;4-5,7-8H,1-3H2;1H/t8-,9-;7-,8?,9-;;4-,5-;/m11.1./s1. The van der Waals surface area contributed by atoms with Gasteiger partial charge in [0.25, 0.3) is 0 Å². The lowest BCUT2D eigenvalue weighted by atomic mass is 9.96. The zero-order chi connectivity index (χ0) is 36.8. The molecule has 7 N–H and O–H groups in total. The van der Waals surface area contributed by atoms with Crippen molar-refractivity contribution in [2.24, 2.45) is 0 Å². The highest BCUT2D eigenvalue weighted by Gasteiger charge is 2.30. The van der Waals surface area contributed by atoms with Crippen molar-refractivity contribution < 1.29 is 42.7 Å². The number of halogens is 5. The third-order valence-corrected chi connectivity index (χ3v) is 7.72. The molecule has 1 unspecified atom stereocenters. The molecular weight excluding hydrogens is 710 g/mol. The molecule has 6 rings (SSSR count). The van der Waals surface area contributed by atoms with Crippen molar-refractivity contribution in [2.75, 3.05) is 43.4 Å². The molecule has 51 heavy (non-hydrogen) atoms. The molecule has 3 saturated heterocycles. The summed E-state index contributed by atoms with van der Waals surface area (Å²) in [5.41, 5.74) is 7.04. The molecular formula is C30H40ClF4N9O7. The summed E-state index contributed by atoms with van der Waals surface area (Å²) in [6.07, 6.45) is -1.18. The monoisotopic (exact) mass is 749 g/mol. The number of alkyl halides is 3. The summed E-state index contributed by atoms with van der Waals surface area (Å²) in [5, 5.41) is 53.8. The van der Waals surface area contributed by atoms with Crippen LogP contribution in [0.25, 0.3) is 0 Å². The molecule has 0 aromatic carbocycles. The highest BCUT2D eigenvalue weighted by Crippen LogP contribution is 2.25. The maximum absolute atomic E-state index is 13.1. The van der Waals surface area contributed by atoms with E-state index in [0.29, 0.717) is 44.0 Å². The summed E-state index contributed by atoms with van der Waals surface area (Å²) < 4.78 is 50.4. The van der Waals surface area contributed by atoms with Crippen LogP contribution < -0.4 is 21.3 Å². The largest absolute Gasteiger partial charge is 0.390 e. The number of pyridine rings is 3. The van der Waals surface area contributed by atoms with Crippen molar-refractivity contribution >= 4 is 35.5 Å². The minimum atomic E-state index is -1.20. The average molecular weight is 750 g/mol. The number of rotatable bonds is 4. The first kappa shape index (κ1) is 42.8. The third kappa shape index (κ3) is 14.1. The van der Waals surface area contributed by atoms with Gasteiger partial charge in [-0.1, -0.05) is 6.07 Å². The molecule has 3 aliphatic rings. The van der Waals surface area contributed by atoms with Crippen molar-refractivity contribution in [3.8, 4) is 0 Å². The van der Waals surface area contributed by atoms with Gasteiger partial charge in [0.05, 0.1) is 17.9 Å². The molecule has 3 aromatic rings. The summed E-state index contributed by atoms with van der Waals surface area (Å²) in [7, 11) is 0. The number of aliphatic hydroxyl groups excluding tert-OH is 3. The lowest BCUT2D eigenvalue weighted by Gasteiger charge is -2.33. The molecule has 21 heteroatoms. The van der Waals surface area contributed by atoms with E-state index in [0.717, 1.165) is 23.9 Å². The lowest BCUT2D eigenvalue weighted by Crippen LogP contribution is -2.45. The summed E-state index contributed by atoms with van der Waals surface area (Å²) in [6.45, 7) is 1.92. The molecule has 0 bridgehead atoms. The molecule has 16 nitrogen and oxygen atoms in total. The first-order valence-electron chi connectivity index (χ1n) is 15.5. The van der Waals surface area contributed by atoms with Gasteiger partial charge >= 0.3 is 11.6 Å². The molecule has 6 heterocycles. The number of nitrogens with two attached hydrogens (primary N) is 1. The van der Waals surface area contributed by atoms with Crippen LogP contribution in [0.2, 0.25) is 0 Å². The maximum atomic E-state index is 13.1. The zero-order valence-corrected chi connectivity index (χ0v) is 27.9. The molecule has 3 aliphatic heterocycles. The number of nitrogens with one attached hydrogen (secondary N) is 2. The summed E-state index contributed by atoms with van der Waals surface area (Å²) >= 11 is 0. The normalized spacial score (nSPS) is 25.5. The van der Waals surface area contributed by atoms with Crippen molar-refractivity contribution in [1.29, 1.82) is 0 Å². The zero-order valence-electron chi connectivity index (χ0n) is 27.0. The van der Waals surface area contributed by atoms with Crippen molar-refractivity contribution in [3.05, 3.63) is 86.6 Å². The van der Waals surface area contributed by atoms with Gasteiger partial charge in [-0.25, -0.2) is 22.5 Å². The van der Waals surface area contributed by atoms with Gasteiger partial charge in [-0.2, -0.15) is 0 Å². The van der Waals surface area contributed by atoms with Crippen LogP contribution >= 0.6 is 12.4 Å². The number of anilines is 2. The number of hydrogen-bond acceptors (Lipinski definition) is 14. The van der Waals surface area contributed by atoms with Gasteiger partial charge in [0.1, 0.15) is 30.4 Å². The van der Waals surface area contributed by atoms with E-state index < -0.39 is 52.5 Å². The van der Waals surface area contributed by atoms with Crippen molar-refractivity contribution in [2.45, 2.75) is 62.1 Å². The Morgan fingerprint density at radius 1 is 0.804 bits per heavy atom. The second kappa shape index (κ2) is 21.1.